The zero-order chi connectivity index (χ0) is 25.1. The third-order valence-corrected chi connectivity index (χ3v) is 8.36. The van der Waals surface area contributed by atoms with Crippen molar-refractivity contribution in [2.75, 3.05) is 13.1 Å². The molecule has 0 unspecified atom stereocenters. The molecule has 2 heterocycles. The van der Waals surface area contributed by atoms with Crippen LogP contribution in [0.4, 0.5) is 4.79 Å². The third kappa shape index (κ3) is 4.41. The van der Waals surface area contributed by atoms with Crippen LogP contribution in [0.15, 0.2) is 34.8 Å². The number of hydrogen-bond acceptors (Lipinski definition) is 2. The number of H-pyrrole nitrogens is 1. The lowest BCUT2D eigenvalue weighted by Crippen LogP contribution is -2.41. The molecule has 0 saturated carbocycles. The molecular weight excluding hydrogens is 500 g/mol. The second kappa shape index (κ2) is 8.69. The van der Waals surface area contributed by atoms with E-state index in [9.17, 15) is 4.79 Å². The van der Waals surface area contributed by atoms with Crippen LogP contribution in [-0.2, 0) is 23.0 Å². The lowest BCUT2D eigenvalue weighted by Gasteiger charge is -2.37. The van der Waals surface area contributed by atoms with Gasteiger partial charge in [-0.3, -0.25) is 0 Å². The van der Waals surface area contributed by atoms with Crippen LogP contribution in [0.1, 0.15) is 93.8 Å². The van der Waals surface area contributed by atoms with Crippen LogP contribution in [-0.4, -0.2) is 34.7 Å². The number of carbonyl (C=O) groups excluding carboxylic acids is 1. The Hall–Kier alpha value is -2.27. The highest BCUT2D eigenvalue weighted by Crippen LogP contribution is 2.46. The fourth-order valence-electron chi connectivity index (χ4n) is 6.10. The fourth-order valence-corrected chi connectivity index (χ4v) is 6.46. The summed E-state index contributed by atoms with van der Waals surface area (Å²) in [7, 11) is 0. The summed E-state index contributed by atoms with van der Waals surface area (Å²) in [5, 5.41) is 1.33. The van der Waals surface area contributed by atoms with Gasteiger partial charge in [-0.25, -0.2) is 4.79 Å². The van der Waals surface area contributed by atoms with Gasteiger partial charge in [0.05, 0.1) is 0 Å². The van der Waals surface area contributed by atoms with Crippen molar-refractivity contribution in [1.29, 1.82) is 0 Å². The summed E-state index contributed by atoms with van der Waals surface area (Å²) in [6.45, 7) is 14.3. The van der Waals surface area contributed by atoms with Crippen LogP contribution in [0.5, 0.6) is 0 Å². The molecule has 1 fully saturated rings. The van der Waals surface area contributed by atoms with Crippen molar-refractivity contribution >= 4 is 32.9 Å². The second-order valence-electron chi connectivity index (χ2n) is 11.8. The monoisotopic (exact) mass is 536 g/mol. The van der Waals surface area contributed by atoms with Gasteiger partial charge in [0.15, 0.2) is 0 Å². The first-order valence-corrected chi connectivity index (χ1v) is 13.7. The van der Waals surface area contributed by atoms with Crippen LogP contribution in [0.2, 0.25) is 0 Å². The van der Waals surface area contributed by atoms with Crippen molar-refractivity contribution < 1.29 is 9.53 Å². The molecule has 1 aliphatic heterocycles. The summed E-state index contributed by atoms with van der Waals surface area (Å²) >= 11 is 3.63. The van der Waals surface area contributed by atoms with E-state index in [1.54, 1.807) is 0 Å². The highest BCUT2D eigenvalue weighted by molar-refractivity contribution is 9.10. The third-order valence-electron chi connectivity index (χ3n) is 7.87. The van der Waals surface area contributed by atoms with Crippen LogP contribution in [0, 0.1) is 0 Å². The van der Waals surface area contributed by atoms with E-state index in [1.165, 1.54) is 44.4 Å². The number of benzene rings is 2. The Morgan fingerprint density at radius 1 is 1.17 bits per heavy atom. The number of aryl methyl sites for hydroxylation is 1. The number of aromatic nitrogens is 1. The molecule has 0 spiro atoms. The largest absolute Gasteiger partial charge is 0.444 e. The molecule has 2 aromatic carbocycles. The maximum atomic E-state index is 12.6. The maximum Gasteiger partial charge on any atom is 0.410 e. The van der Waals surface area contributed by atoms with E-state index >= 15 is 0 Å². The highest BCUT2D eigenvalue weighted by atomic mass is 79.9. The lowest BCUT2D eigenvalue weighted by atomic mass is 9.69. The quantitative estimate of drug-likeness (QED) is 0.362. The van der Waals surface area contributed by atoms with E-state index in [2.05, 4.69) is 72.0 Å². The van der Waals surface area contributed by atoms with Gasteiger partial charge >= 0.3 is 6.09 Å². The van der Waals surface area contributed by atoms with Gasteiger partial charge in [-0.05, 0) is 85.9 Å². The number of halogens is 1. The van der Waals surface area contributed by atoms with E-state index in [0.29, 0.717) is 5.92 Å². The van der Waals surface area contributed by atoms with E-state index in [0.717, 1.165) is 43.2 Å². The smallest absolute Gasteiger partial charge is 0.410 e. The predicted molar refractivity (Wildman–Crippen MR) is 147 cm³/mol. The van der Waals surface area contributed by atoms with E-state index < -0.39 is 5.60 Å². The zero-order valence-corrected chi connectivity index (χ0v) is 23.4. The van der Waals surface area contributed by atoms with Gasteiger partial charge in [-0.1, -0.05) is 54.9 Å². The number of nitrogens with zero attached hydrogens (tertiary/aromatic N) is 1. The summed E-state index contributed by atoms with van der Waals surface area (Å²) < 4.78 is 6.71. The average Bonchev–Trinajstić information content (AvgIpc) is 3.16. The number of piperidine rings is 1. The van der Waals surface area contributed by atoms with Gasteiger partial charge in [0.25, 0.3) is 0 Å². The van der Waals surface area contributed by atoms with Gasteiger partial charge in [0.2, 0.25) is 0 Å². The van der Waals surface area contributed by atoms with Gasteiger partial charge in [0, 0.05) is 46.0 Å². The molecule has 0 bridgehead atoms. The summed E-state index contributed by atoms with van der Waals surface area (Å²) in [6, 6.07) is 11.6. The summed E-state index contributed by atoms with van der Waals surface area (Å²) in [6.07, 6.45) is 3.79. The highest BCUT2D eigenvalue weighted by Gasteiger charge is 2.37. The standard InChI is InChI=1S/C30H37BrN2O2/c1-7-18-14-20-15-24-22-9-8-21(31)16-26(22)32-27(24)30(5,6)25(20)17-23(18)19-10-12-33(13-11-19)28(34)35-29(2,3)4/h8-9,14,16-17,19,32H,7,10-13,15H2,1-6H3. The first-order chi connectivity index (χ1) is 16.5. The number of nitrogens with one attached hydrogen (secondary N) is 1. The van der Waals surface area contributed by atoms with E-state index in [-0.39, 0.29) is 11.5 Å². The zero-order valence-electron chi connectivity index (χ0n) is 21.8. The van der Waals surface area contributed by atoms with Gasteiger partial charge in [0.1, 0.15) is 5.60 Å². The van der Waals surface area contributed by atoms with Gasteiger partial charge in [-0.15, -0.1) is 0 Å². The predicted octanol–water partition coefficient (Wildman–Crippen LogP) is 7.84. The average molecular weight is 538 g/mol. The minimum absolute atomic E-state index is 0.0906. The molecule has 2 aliphatic rings. The number of ether oxygens (including phenoxy) is 1. The normalized spacial score (nSPS) is 17.9. The first-order valence-electron chi connectivity index (χ1n) is 12.9. The number of amides is 1. The van der Waals surface area contributed by atoms with Crippen molar-refractivity contribution in [3.63, 3.8) is 0 Å². The summed E-state index contributed by atoms with van der Waals surface area (Å²) in [4.78, 5) is 18.2. The number of carbonyl (C=O) groups is 1. The lowest BCUT2D eigenvalue weighted by molar-refractivity contribution is 0.0204. The molecule has 1 aliphatic carbocycles. The van der Waals surface area contributed by atoms with Crippen LogP contribution in [0.25, 0.3) is 10.9 Å². The topological polar surface area (TPSA) is 45.3 Å². The van der Waals surface area contributed by atoms with Crippen molar-refractivity contribution in [1.82, 2.24) is 9.88 Å². The Morgan fingerprint density at radius 2 is 1.89 bits per heavy atom. The fraction of sp³-hybridized carbons (Fsp3) is 0.500. The molecule has 1 amide bonds. The maximum absolute atomic E-state index is 12.6. The number of rotatable bonds is 2. The van der Waals surface area contributed by atoms with Gasteiger partial charge in [-0.2, -0.15) is 0 Å². The SMILES string of the molecule is CCc1cc2c(cc1C1CCN(C(=O)OC(C)(C)C)CC1)C(C)(C)c1[nH]c3cc(Br)ccc3c1C2. The molecule has 186 valence electrons. The summed E-state index contributed by atoms with van der Waals surface area (Å²) in [5.74, 6) is 0.477. The Bertz CT molecular complexity index is 1290. The number of fused-ring (bicyclic) bond motifs is 4. The van der Waals surface area contributed by atoms with Crippen molar-refractivity contribution in [3.8, 4) is 0 Å². The van der Waals surface area contributed by atoms with E-state index in [4.69, 9.17) is 4.74 Å². The molecule has 1 N–H and O–H groups in total. The Kier molecular flexibility index (Phi) is 6.06. The first kappa shape index (κ1) is 24.4. The molecule has 1 saturated heterocycles. The number of aromatic amines is 1. The van der Waals surface area contributed by atoms with Crippen LogP contribution in [0.3, 0.4) is 0 Å². The Labute approximate surface area is 217 Å². The molecule has 3 aromatic rings. The minimum atomic E-state index is -0.453. The molecular formula is C30H37BrN2O2. The second-order valence-corrected chi connectivity index (χ2v) is 12.7. The number of hydrogen-bond donors (Lipinski definition) is 1. The Balaban J connectivity index is 1.46. The molecule has 35 heavy (non-hydrogen) atoms. The van der Waals surface area contributed by atoms with Crippen molar-refractivity contribution in [2.24, 2.45) is 0 Å². The molecule has 5 rings (SSSR count). The molecule has 1 aromatic heterocycles. The molecule has 5 heteroatoms. The molecule has 4 nitrogen and oxygen atoms in total. The molecule has 0 atom stereocenters. The van der Waals surface area contributed by atoms with Crippen molar-refractivity contribution in [2.45, 2.75) is 84.2 Å². The van der Waals surface area contributed by atoms with Crippen LogP contribution < -0.4 is 0 Å². The summed E-state index contributed by atoms with van der Waals surface area (Å²) in [5.41, 5.74) is 9.27. The number of likely N-dealkylation sites (tertiary alicyclic amines) is 1. The van der Waals surface area contributed by atoms with Crippen molar-refractivity contribution in [3.05, 3.63) is 68.3 Å². The Morgan fingerprint density at radius 3 is 2.54 bits per heavy atom. The molecule has 0 radical (unpaired) electrons. The minimum Gasteiger partial charge on any atom is -0.444 e. The van der Waals surface area contributed by atoms with E-state index in [1.807, 2.05) is 25.7 Å². The van der Waals surface area contributed by atoms with Gasteiger partial charge < -0.3 is 14.6 Å². The van der Waals surface area contributed by atoms with Crippen LogP contribution >= 0.6 is 15.9 Å².